The van der Waals surface area contributed by atoms with Gasteiger partial charge in [-0.2, -0.15) is 0 Å². The Hall–Kier alpha value is 0.220. The highest BCUT2D eigenvalue weighted by atomic mass is 31.2. The van der Waals surface area contributed by atoms with Gasteiger partial charge >= 0.3 is 15.2 Å². The van der Waals surface area contributed by atoms with Crippen LogP contribution in [0.15, 0.2) is 0 Å². The third-order valence-electron chi connectivity index (χ3n) is 3.13. The molecule has 98 valence electrons. The van der Waals surface area contributed by atoms with Crippen LogP contribution >= 0.6 is 15.2 Å². The van der Waals surface area contributed by atoms with Crippen LogP contribution in [0.1, 0.15) is 12.8 Å². The van der Waals surface area contributed by atoms with Crippen molar-refractivity contribution in [1.82, 2.24) is 0 Å². The Morgan fingerprint density at radius 2 is 1.44 bits per heavy atom. The number of hydrogen-bond acceptors (Lipinski definition) is 3. The second-order valence-corrected chi connectivity index (χ2v) is 8.38. The van der Waals surface area contributed by atoms with Crippen LogP contribution in [0.25, 0.3) is 0 Å². The maximum Gasteiger partial charge on any atom is 0.398 e. The number of nitrogens with zero attached hydrogens (tertiary/aromatic N) is 1. The van der Waals surface area contributed by atoms with E-state index in [1.54, 1.807) is 0 Å². The Morgan fingerprint density at radius 1 is 1.06 bits per heavy atom. The fraction of sp³-hybridized carbons (Fsp3) is 1.00. The van der Waals surface area contributed by atoms with Crippen molar-refractivity contribution in [2.24, 2.45) is 0 Å². The van der Waals surface area contributed by atoms with Gasteiger partial charge in [0.2, 0.25) is 0 Å². The molecule has 1 aliphatic rings. The molecule has 1 fully saturated rings. The Kier molecular flexibility index (Phi) is 4.21. The largest absolute Gasteiger partial charge is 0.870 e. The zero-order valence-corrected chi connectivity index (χ0v) is 10.8. The molecule has 5 N–H and O–H groups in total. The molecular weight excluding hydrogens is 260 g/mol. The maximum absolute atomic E-state index is 11.4. The fourth-order valence-electron chi connectivity index (χ4n) is 2.36. The van der Waals surface area contributed by atoms with Crippen molar-refractivity contribution in [1.29, 1.82) is 0 Å². The van der Waals surface area contributed by atoms with E-state index in [2.05, 4.69) is 0 Å². The van der Waals surface area contributed by atoms with E-state index in [0.717, 1.165) is 0 Å². The average molecular weight is 277 g/mol. The van der Waals surface area contributed by atoms with Crippen molar-refractivity contribution in [2.45, 2.75) is 17.9 Å². The van der Waals surface area contributed by atoms with Crippen LogP contribution in [-0.2, 0) is 9.13 Å². The first kappa shape index (κ1) is 16.2. The van der Waals surface area contributed by atoms with Crippen molar-refractivity contribution in [3.05, 3.63) is 0 Å². The van der Waals surface area contributed by atoms with Crippen molar-refractivity contribution in [2.75, 3.05) is 20.6 Å². The van der Waals surface area contributed by atoms with E-state index in [0.29, 0.717) is 13.0 Å². The first-order valence-electron chi connectivity index (χ1n) is 4.40. The van der Waals surface area contributed by atoms with Gasteiger partial charge in [0.1, 0.15) is 0 Å². The summed E-state index contributed by atoms with van der Waals surface area (Å²) >= 11 is 0. The van der Waals surface area contributed by atoms with Crippen molar-refractivity contribution in [3.8, 4) is 0 Å². The molecule has 0 aliphatic carbocycles. The van der Waals surface area contributed by atoms with Crippen molar-refractivity contribution < 1.29 is 38.7 Å². The van der Waals surface area contributed by atoms with Gasteiger partial charge in [-0.1, -0.05) is 0 Å². The molecule has 0 saturated carbocycles. The highest BCUT2D eigenvalue weighted by Crippen LogP contribution is 2.75. The Bertz CT molecular complexity index is 334. The molecule has 0 unspecified atom stereocenters. The summed E-state index contributed by atoms with van der Waals surface area (Å²) in [5.41, 5.74) is 0. The first-order chi connectivity index (χ1) is 6.46. The number of quaternary nitrogens is 1. The van der Waals surface area contributed by atoms with Crippen molar-refractivity contribution >= 4 is 15.2 Å². The molecule has 1 aliphatic heterocycles. The molecule has 0 spiro atoms. The Morgan fingerprint density at radius 3 is 1.56 bits per heavy atom. The minimum Gasteiger partial charge on any atom is -0.870 e. The third kappa shape index (κ3) is 2.00. The fourth-order valence-corrected chi connectivity index (χ4v) is 6.23. The van der Waals surface area contributed by atoms with Gasteiger partial charge in [0.05, 0.1) is 20.6 Å². The highest BCUT2D eigenvalue weighted by Gasteiger charge is 2.72. The topological polar surface area (TPSA) is 145 Å². The SMILES string of the molecule is C[N+]1(C)CCCC1(P(=O)(O)O)P(=O)(O)O.[OH-]. The normalized spacial score (nSPS) is 23.9. The molecule has 0 atom stereocenters. The van der Waals surface area contributed by atoms with Gasteiger partial charge in [0.25, 0.3) is 5.02 Å². The molecule has 16 heavy (non-hydrogen) atoms. The quantitative estimate of drug-likeness (QED) is 0.400. The zero-order valence-electron chi connectivity index (χ0n) is 9.02. The average Bonchev–Trinajstić information content (AvgIpc) is 2.21. The maximum atomic E-state index is 11.4. The van der Waals surface area contributed by atoms with E-state index in [1.165, 1.54) is 14.1 Å². The van der Waals surface area contributed by atoms with Gasteiger partial charge in [-0.25, -0.2) is 0 Å². The summed E-state index contributed by atoms with van der Waals surface area (Å²) in [6.07, 6.45) is 0.234. The Labute approximate surface area is 93.1 Å². The van der Waals surface area contributed by atoms with E-state index in [-0.39, 0.29) is 16.4 Å². The summed E-state index contributed by atoms with van der Waals surface area (Å²) in [6, 6.07) is 0. The van der Waals surface area contributed by atoms with Crippen LogP contribution in [0, 0.1) is 0 Å². The van der Waals surface area contributed by atoms with Crippen LogP contribution in [0.5, 0.6) is 0 Å². The molecule has 8 nitrogen and oxygen atoms in total. The summed E-state index contributed by atoms with van der Waals surface area (Å²) < 4.78 is 22.5. The monoisotopic (exact) mass is 277 g/mol. The lowest BCUT2D eigenvalue weighted by molar-refractivity contribution is -0.901. The van der Waals surface area contributed by atoms with Crippen LogP contribution in [0.2, 0.25) is 0 Å². The van der Waals surface area contributed by atoms with Gasteiger partial charge in [0, 0.05) is 12.8 Å². The summed E-state index contributed by atoms with van der Waals surface area (Å²) in [5, 5.41) is -2.26. The predicted molar refractivity (Wildman–Crippen MR) is 55.0 cm³/mol. The molecule has 0 bridgehead atoms. The van der Waals surface area contributed by atoms with E-state index < -0.39 is 20.2 Å². The standard InChI is InChI=1S/C6H15NO6P2.H2O/c1-7(2)5-3-4-6(7,14(8,9)10)15(11,12)13;/h3-5H2,1-2H3,(H3-,8,9,10,11,12,13);1H2. The molecule has 0 aromatic rings. The molecule has 1 rings (SSSR count). The molecular formula is C6H17NO7P2. The van der Waals surface area contributed by atoms with Crippen LogP contribution in [0.3, 0.4) is 0 Å². The van der Waals surface area contributed by atoms with Gasteiger partial charge < -0.3 is 29.5 Å². The highest BCUT2D eigenvalue weighted by molar-refractivity contribution is 7.72. The van der Waals surface area contributed by atoms with E-state index in [9.17, 15) is 28.7 Å². The third-order valence-corrected chi connectivity index (χ3v) is 8.09. The number of hydrogen-bond donors (Lipinski definition) is 4. The zero-order chi connectivity index (χ0) is 12.1. The van der Waals surface area contributed by atoms with E-state index >= 15 is 0 Å². The van der Waals surface area contributed by atoms with Crippen LogP contribution in [0.4, 0.5) is 0 Å². The van der Waals surface area contributed by atoms with E-state index in [4.69, 9.17) is 0 Å². The summed E-state index contributed by atoms with van der Waals surface area (Å²) in [4.78, 5) is 37.0. The summed E-state index contributed by atoms with van der Waals surface area (Å²) in [5.74, 6) is 0. The minimum absolute atomic E-state index is 0. The molecule has 0 aromatic heterocycles. The first-order valence-corrected chi connectivity index (χ1v) is 7.62. The molecule has 1 heterocycles. The van der Waals surface area contributed by atoms with Gasteiger partial charge in [-0.05, 0) is 0 Å². The molecule has 10 heteroatoms. The molecule has 0 radical (unpaired) electrons. The Balaban J connectivity index is 0.00000225. The molecule has 0 aromatic carbocycles. The lowest BCUT2D eigenvalue weighted by Gasteiger charge is -2.42. The molecule has 0 amide bonds. The minimum atomic E-state index is -4.88. The van der Waals surface area contributed by atoms with Crippen LogP contribution in [-0.4, -0.2) is 55.2 Å². The number of rotatable bonds is 2. The summed E-state index contributed by atoms with van der Waals surface area (Å²) in [6.45, 7) is 0.343. The second kappa shape index (κ2) is 4.15. The van der Waals surface area contributed by atoms with Gasteiger partial charge in [0.15, 0.2) is 0 Å². The predicted octanol–water partition coefficient (Wildman–Crippen LogP) is -0.311. The molecule has 1 saturated heterocycles. The smallest absolute Gasteiger partial charge is 0.398 e. The lowest BCUT2D eigenvalue weighted by atomic mass is 10.4. The summed E-state index contributed by atoms with van der Waals surface area (Å²) in [7, 11) is -6.89. The van der Waals surface area contributed by atoms with E-state index in [1.807, 2.05) is 0 Å². The van der Waals surface area contributed by atoms with Gasteiger partial charge in [-0.15, -0.1) is 0 Å². The van der Waals surface area contributed by atoms with Crippen molar-refractivity contribution in [3.63, 3.8) is 0 Å². The van der Waals surface area contributed by atoms with Gasteiger partial charge in [-0.3, -0.25) is 9.13 Å². The second-order valence-electron chi connectivity index (χ2n) is 4.37. The number of likely N-dealkylation sites (tertiary alicyclic amines) is 1. The van der Waals surface area contributed by atoms with Crippen LogP contribution < -0.4 is 0 Å². The lowest BCUT2D eigenvalue weighted by Crippen LogP contribution is -2.54.